The number of alkyl carbamates (subject to hydrolysis) is 1. The van der Waals surface area contributed by atoms with E-state index in [9.17, 15) is 9.90 Å². The summed E-state index contributed by atoms with van der Waals surface area (Å²) in [5.41, 5.74) is -1.28. The first-order chi connectivity index (χ1) is 8.28. The molecule has 0 radical (unpaired) electrons. The van der Waals surface area contributed by atoms with Crippen LogP contribution < -0.4 is 5.32 Å². The lowest BCUT2D eigenvalue weighted by Crippen LogP contribution is -2.63. The monoisotopic (exact) mass is 256 g/mol. The van der Waals surface area contributed by atoms with Gasteiger partial charge in [0.05, 0.1) is 12.1 Å². The Hall–Kier alpha value is -0.810. The molecular formula is C13H24N2O3. The number of carbonyl (C=O) groups excluding carboxylic acids is 1. The van der Waals surface area contributed by atoms with Gasteiger partial charge in [0, 0.05) is 6.54 Å². The number of ether oxygens (including phenoxy) is 1. The molecule has 2 N–H and O–H groups in total. The zero-order valence-electron chi connectivity index (χ0n) is 11.5. The van der Waals surface area contributed by atoms with Crippen LogP contribution in [0.2, 0.25) is 0 Å². The van der Waals surface area contributed by atoms with Crippen LogP contribution in [-0.4, -0.2) is 53.5 Å². The van der Waals surface area contributed by atoms with Crippen LogP contribution in [0.25, 0.3) is 0 Å². The maximum absolute atomic E-state index is 11.6. The molecule has 1 unspecified atom stereocenters. The second kappa shape index (κ2) is 4.70. The molecule has 0 aromatic heterocycles. The van der Waals surface area contributed by atoms with Crippen LogP contribution in [-0.2, 0) is 4.74 Å². The van der Waals surface area contributed by atoms with Crippen molar-refractivity contribution in [2.45, 2.75) is 44.8 Å². The summed E-state index contributed by atoms with van der Waals surface area (Å²) in [6.07, 6.45) is 1.59. The first-order valence-electron chi connectivity index (χ1n) is 6.70. The fourth-order valence-corrected chi connectivity index (χ4v) is 2.88. The quantitative estimate of drug-likeness (QED) is 0.773. The molecule has 2 bridgehead atoms. The summed E-state index contributed by atoms with van der Waals surface area (Å²) < 4.78 is 5.18. The molecular weight excluding hydrogens is 232 g/mol. The van der Waals surface area contributed by atoms with E-state index in [-0.39, 0.29) is 6.54 Å². The summed E-state index contributed by atoms with van der Waals surface area (Å²) in [6.45, 7) is 8.57. The Morgan fingerprint density at radius 1 is 1.44 bits per heavy atom. The first kappa shape index (κ1) is 13.6. The number of hydrogen-bond acceptors (Lipinski definition) is 4. The molecule has 0 aromatic carbocycles. The predicted molar refractivity (Wildman–Crippen MR) is 68.4 cm³/mol. The molecule has 1 amide bonds. The van der Waals surface area contributed by atoms with Crippen molar-refractivity contribution in [2.24, 2.45) is 5.92 Å². The molecule has 18 heavy (non-hydrogen) atoms. The summed E-state index contributed by atoms with van der Waals surface area (Å²) in [4.78, 5) is 13.9. The smallest absolute Gasteiger partial charge is 0.407 e. The van der Waals surface area contributed by atoms with E-state index in [2.05, 4.69) is 10.2 Å². The van der Waals surface area contributed by atoms with E-state index in [1.54, 1.807) is 0 Å². The van der Waals surface area contributed by atoms with Gasteiger partial charge in [-0.2, -0.15) is 0 Å². The fraction of sp³-hybridized carbons (Fsp3) is 0.923. The van der Waals surface area contributed by atoms with Gasteiger partial charge in [-0.25, -0.2) is 4.79 Å². The zero-order chi connectivity index (χ0) is 13.4. The number of rotatable bonds is 2. The van der Waals surface area contributed by atoms with E-state index >= 15 is 0 Å². The van der Waals surface area contributed by atoms with Gasteiger partial charge >= 0.3 is 6.09 Å². The molecule has 1 atom stereocenters. The minimum atomic E-state index is -0.784. The number of aliphatic hydroxyl groups is 1. The zero-order valence-corrected chi connectivity index (χ0v) is 11.5. The van der Waals surface area contributed by atoms with Gasteiger partial charge in [0.25, 0.3) is 0 Å². The fourth-order valence-electron chi connectivity index (χ4n) is 2.88. The molecule has 0 saturated carbocycles. The van der Waals surface area contributed by atoms with E-state index in [1.807, 2.05) is 20.8 Å². The Labute approximate surface area is 108 Å². The molecule has 3 heterocycles. The molecule has 3 aliphatic heterocycles. The third-order valence-electron chi connectivity index (χ3n) is 3.78. The number of amides is 1. The van der Waals surface area contributed by atoms with Crippen LogP contribution >= 0.6 is 0 Å². The highest BCUT2D eigenvalue weighted by molar-refractivity contribution is 5.67. The van der Waals surface area contributed by atoms with Crippen molar-refractivity contribution in [3.05, 3.63) is 0 Å². The molecule has 3 saturated heterocycles. The number of piperidine rings is 3. The maximum atomic E-state index is 11.6. The van der Waals surface area contributed by atoms with Crippen LogP contribution in [0.1, 0.15) is 33.6 Å². The first-order valence-corrected chi connectivity index (χ1v) is 6.70. The number of carbonyl (C=O) groups is 1. The van der Waals surface area contributed by atoms with Crippen LogP contribution in [0.4, 0.5) is 4.79 Å². The molecule has 3 rings (SSSR count). The Kier molecular flexibility index (Phi) is 3.56. The Morgan fingerprint density at radius 3 is 2.50 bits per heavy atom. The summed E-state index contributed by atoms with van der Waals surface area (Å²) in [5, 5.41) is 13.3. The predicted octanol–water partition coefficient (Wildman–Crippen LogP) is 0.968. The summed E-state index contributed by atoms with van der Waals surface area (Å²) in [6, 6.07) is 0. The Morgan fingerprint density at radius 2 is 2.06 bits per heavy atom. The summed E-state index contributed by atoms with van der Waals surface area (Å²) in [7, 11) is 0. The molecule has 104 valence electrons. The van der Waals surface area contributed by atoms with Crippen molar-refractivity contribution in [1.82, 2.24) is 10.2 Å². The normalized spacial score (nSPS) is 35.3. The molecule has 3 fully saturated rings. The highest BCUT2D eigenvalue weighted by atomic mass is 16.6. The third kappa shape index (κ3) is 3.14. The largest absolute Gasteiger partial charge is 0.444 e. The van der Waals surface area contributed by atoms with Crippen LogP contribution in [0.15, 0.2) is 0 Å². The molecule has 0 aromatic rings. The SMILES string of the molecule is CC(C)(C)OC(=O)NCC1(O)CN2CCC1CC2. The van der Waals surface area contributed by atoms with Crippen molar-refractivity contribution in [3.8, 4) is 0 Å². The highest BCUT2D eigenvalue weighted by Crippen LogP contribution is 2.35. The number of nitrogens with one attached hydrogen (secondary N) is 1. The van der Waals surface area contributed by atoms with Crippen molar-refractivity contribution in [3.63, 3.8) is 0 Å². The standard InChI is InChI=1S/C13H24N2O3/c1-12(2,3)18-11(16)14-8-13(17)9-15-6-4-10(13)5-7-15/h10,17H,4-9H2,1-3H3,(H,14,16). The third-order valence-corrected chi connectivity index (χ3v) is 3.78. The van der Waals surface area contributed by atoms with Crippen molar-refractivity contribution in [2.75, 3.05) is 26.2 Å². The molecule has 5 heteroatoms. The average Bonchev–Trinajstić information content (AvgIpc) is 2.26. The van der Waals surface area contributed by atoms with E-state index in [1.165, 1.54) is 0 Å². The van der Waals surface area contributed by atoms with Crippen molar-refractivity contribution < 1.29 is 14.6 Å². The van der Waals surface area contributed by atoms with E-state index in [0.29, 0.717) is 12.5 Å². The second-order valence-electron chi connectivity index (χ2n) is 6.51. The lowest BCUT2D eigenvalue weighted by molar-refractivity contribution is -0.109. The highest BCUT2D eigenvalue weighted by Gasteiger charge is 2.45. The molecule has 3 aliphatic rings. The number of nitrogens with zero attached hydrogens (tertiary/aromatic N) is 1. The van der Waals surface area contributed by atoms with Gasteiger partial charge in [-0.3, -0.25) is 0 Å². The molecule has 0 aliphatic carbocycles. The van der Waals surface area contributed by atoms with Gasteiger partial charge < -0.3 is 20.1 Å². The van der Waals surface area contributed by atoms with Gasteiger partial charge in [0.2, 0.25) is 0 Å². The maximum Gasteiger partial charge on any atom is 0.407 e. The van der Waals surface area contributed by atoms with Crippen molar-refractivity contribution >= 4 is 6.09 Å². The van der Waals surface area contributed by atoms with Gasteiger partial charge in [0.15, 0.2) is 0 Å². The molecule has 5 nitrogen and oxygen atoms in total. The minimum Gasteiger partial charge on any atom is -0.444 e. The van der Waals surface area contributed by atoms with Gasteiger partial charge in [-0.05, 0) is 52.6 Å². The van der Waals surface area contributed by atoms with Gasteiger partial charge in [-0.15, -0.1) is 0 Å². The van der Waals surface area contributed by atoms with Crippen LogP contribution in [0.5, 0.6) is 0 Å². The summed E-state index contributed by atoms with van der Waals surface area (Å²) in [5.74, 6) is 0.303. The molecule has 0 spiro atoms. The van der Waals surface area contributed by atoms with E-state index in [0.717, 1.165) is 25.9 Å². The number of fused-ring (bicyclic) bond motifs is 3. The lowest BCUT2D eigenvalue weighted by atomic mass is 9.75. The Balaban J connectivity index is 1.84. The van der Waals surface area contributed by atoms with Crippen LogP contribution in [0, 0.1) is 5.92 Å². The summed E-state index contributed by atoms with van der Waals surface area (Å²) >= 11 is 0. The second-order valence-corrected chi connectivity index (χ2v) is 6.51. The Bertz CT molecular complexity index is 319. The minimum absolute atomic E-state index is 0.281. The van der Waals surface area contributed by atoms with Crippen molar-refractivity contribution in [1.29, 1.82) is 0 Å². The van der Waals surface area contributed by atoms with Gasteiger partial charge in [-0.1, -0.05) is 0 Å². The number of hydrogen-bond donors (Lipinski definition) is 2. The van der Waals surface area contributed by atoms with E-state index in [4.69, 9.17) is 4.74 Å². The van der Waals surface area contributed by atoms with Gasteiger partial charge in [0.1, 0.15) is 5.60 Å². The lowest BCUT2D eigenvalue weighted by Gasteiger charge is -2.50. The van der Waals surface area contributed by atoms with E-state index < -0.39 is 17.3 Å². The van der Waals surface area contributed by atoms with Crippen LogP contribution in [0.3, 0.4) is 0 Å². The average molecular weight is 256 g/mol. The topological polar surface area (TPSA) is 61.8 Å².